The second-order valence-electron chi connectivity index (χ2n) is 0.894. The first-order chi connectivity index (χ1) is 4.00. The van der Waals surface area contributed by atoms with Gasteiger partial charge >= 0.3 is 71.2 Å². The van der Waals surface area contributed by atoms with Crippen LogP contribution in [0.15, 0.2) is 0 Å². The van der Waals surface area contributed by atoms with E-state index in [0.717, 1.165) is 0 Å². The fourth-order valence-electron chi connectivity index (χ4n) is 0. The molecular weight excluding hydrogens is 468 g/mol. The van der Waals surface area contributed by atoms with Gasteiger partial charge in [0.2, 0.25) is 0 Å². The molecule has 0 N–H and O–H groups in total. The van der Waals surface area contributed by atoms with Gasteiger partial charge in [0.25, 0.3) is 0 Å². The molecular formula is La2O8P2. The van der Waals surface area contributed by atoms with E-state index in [1.54, 1.807) is 0 Å². The summed E-state index contributed by atoms with van der Waals surface area (Å²) in [5.41, 5.74) is 0. The van der Waals surface area contributed by atoms with Crippen molar-refractivity contribution in [2.45, 2.75) is 0 Å². The van der Waals surface area contributed by atoms with Gasteiger partial charge in [-0.05, 0) is 0 Å². The van der Waals surface area contributed by atoms with Gasteiger partial charge in [0.15, 0.2) is 0 Å². The normalized spacial score (nSPS) is 9.83. The number of phosphoric acid groups is 2. The number of hydrogen-bond acceptors (Lipinski definition) is 8. The zero-order chi connectivity index (χ0) is 9.00. The molecule has 0 amide bonds. The van der Waals surface area contributed by atoms with Crippen molar-refractivity contribution < 1.29 is 110 Å². The summed E-state index contributed by atoms with van der Waals surface area (Å²) in [6.45, 7) is 0. The molecule has 12 heavy (non-hydrogen) atoms. The van der Waals surface area contributed by atoms with Crippen molar-refractivity contribution in [3.63, 3.8) is 0 Å². The van der Waals surface area contributed by atoms with Crippen LogP contribution in [0, 0.1) is 71.2 Å². The van der Waals surface area contributed by atoms with Gasteiger partial charge in [-0.3, -0.25) is 0 Å². The van der Waals surface area contributed by atoms with Crippen molar-refractivity contribution in [3.05, 3.63) is 0 Å². The van der Waals surface area contributed by atoms with Crippen molar-refractivity contribution in [3.8, 4) is 0 Å². The van der Waals surface area contributed by atoms with Crippen molar-refractivity contribution in [1.29, 1.82) is 0 Å². The number of rotatable bonds is 0. The molecule has 0 fully saturated rings. The minimum atomic E-state index is -5.39. The Hall–Kier alpha value is 2.61. The van der Waals surface area contributed by atoms with E-state index in [1.807, 2.05) is 0 Å². The predicted octanol–water partition coefficient (Wildman–Crippen LogP) is -5.65. The van der Waals surface area contributed by atoms with Crippen molar-refractivity contribution >= 4 is 15.6 Å². The first-order valence-corrected chi connectivity index (χ1v) is 4.38. The summed E-state index contributed by atoms with van der Waals surface area (Å²) in [6, 6.07) is 0. The quantitative estimate of drug-likeness (QED) is 0.317. The Morgan fingerprint density at radius 1 is 0.583 bits per heavy atom. The average molecular weight is 468 g/mol. The summed E-state index contributed by atoms with van der Waals surface area (Å²) < 4.78 is 17.1. The molecule has 0 aliphatic heterocycles. The Morgan fingerprint density at radius 3 is 0.583 bits per heavy atom. The van der Waals surface area contributed by atoms with Gasteiger partial charge in [-0.1, -0.05) is 0 Å². The van der Waals surface area contributed by atoms with Crippen LogP contribution >= 0.6 is 15.6 Å². The monoisotopic (exact) mass is 468 g/mol. The van der Waals surface area contributed by atoms with E-state index in [-0.39, 0.29) is 71.2 Å². The van der Waals surface area contributed by atoms with E-state index < -0.39 is 15.6 Å². The van der Waals surface area contributed by atoms with E-state index >= 15 is 0 Å². The molecule has 0 aromatic rings. The van der Waals surface area contributed by atoms with Gasteiger partial charge in [-0.15, -0.1) is 0 Å². The predicted molar refractivity (Wildman–Crippen MR) is 15.2 cm³/mol. The molecule has 8 nitrogen and oxygen atoms in total. The molecule has 64 valence electrons. The number of hydrogen-bond donors (Lipinski definition) is 0. The van der Waals surface area contributed by atoms with Crippen molar-refractivity contribution in [1.82, 2.24) is 0 Å². The molecule has 0 heterocycles. The van der Waals surface area contributed by atoms with Crippen LogP contribution in [0.25, 0.3) is 0 Å². The van der Waals surface area contributed by atoms with Gasteiger partial charge < -0.3 is 38.5 Å². The van der Waals surface area contributed by atoms with Gasteiger partial charge in [0.05, 0.1) is 0 Å². The van der Waals surface area contributed by atoms with Crippen LogP contribution in [0.5, 0.6) is 0 Å². The van der Waals surface area contributed by atoms with Crippen molar-refractivity contribution in [2.75, 3.05) is 0 Å². The Labute approximate surface area is 123 Å². The maximum absolute atomic E-state index is 8.55. The molecule has 0 atom stereocenters. The van der Waals surface area contributed by atoms with Crippen LogP contribution in [0.4, 0.5) is 0 Å². The molecule has 0 bridgehead atoms. The van der Waals surface area contributed by atoms with Gasteiger partial charge in [0, 0.05) is 0 Å². The zero-order valence-electron chi connectivity index (χ0n) is 5.32. The fraction of sp³-hybridized carbons (Fsp3) is 0. The summed E-state index contributed by atoms with van der Waals surface area (Å²) in [6.07, 6.45) is 0. The third kappa shape index (κ3) is 250. The summed E-state index contributed by atoms with van der Waals surface area (Å²) in [7, 11) is -10.8. The summed E-state index contributed by atoms with van der Waals surface area (Å²) >= 11 is 0. The summed E-state index contributed by atoms with van der Waals surface area (Å²) in [5.74, 6) is 0. The molecule has 0 rings (SSSR count). The Morgan fingerprint density at radius 2 is 0.583 bits per heavy atom. The molecule has 0 radical (unpaired) electrons. The first-order valence-electron chi connectivity index (χ1n) is 1.46. The third-order valence-electron chi connectivity index (χ3n) is 0. The Balaban J connectivity index is -0.0000000457. The molecule has 0 spiro atoms. The molecule has 0 aliphatic rings. The van der Waals surface area contributed by atoms with Crippen LogP contribution in [-0.4, -0.2) is 0 Å². The summed E-state index contributed by atoms with van der Waals surface area (Å²) in [5, 5.41) is 0. The zero-order valence-corrected chi connectivity index (χ0v) is 14.4. The molecule has 0 aromatic carbocycles. The minimum absolute atomic E-state index is 0. The maximum atomic E-state index is 8.55. The first kappa shape index (κ1) is 24.0. The Kier molecular flexibility index (Phi) is 20.3. The van der Waals surface area contributed by atoms with E-state index in [0.29, 0.717) is 0 Å². The smallest absolute Gasteiger partial charge is 0.822 e. The van der Waals surface area contributed by atoms with Crippen LogP contribution in [0.3, 0.4) is 0 Å². The summed E-state index contributed by atoms with van der Waals surface area (Å²) in [4.78, 5) is 51.3. The SMILES string of the molecule is O=P([O-])([O-])[O-].O=P([O-])([O-])[O-].[La+3].[La+3]. The molecule has 0 saturated heterocycles. The van der Waals surface area contributed by atoms with Crippen molar-refractivity contribution in [2.24, 2.45) is 0 Å². The second-order valence-corrected chi connectivity index (χ2v) is 2.68. The maximum Gasteiger partial charge on any atom is 3.00 e. The fourth-order valence-corrected chi connectivity index (χ4v) is 0. The molecule has 0 aromatic heterocycles. The van der Waals surface area contributed by atoms with Gasteiger partial charge in [-0.25, -0.2) is 0 Å². The van der Waals surface area contributed by atoms with Crippen LogP contribution in [-0.2, 0) is 9.13 Å². The topological polar surface area (TPSA) is 172 Å². The second kappa shape index (κ2) is 10.1. The van der Waals surface area contributed by atoms with E-state index in [1.165, 1.54) is 0 Å². The molecule has 0 unspecified atom stereocenters. The largest absolute Gasteiger partial charge is 3.00 e. The molecule has 0 saturated carbocycles. The average Bonchev–Trinajstić information content (AvgIpc) is 1.12. The van der Waals surface area contributed by atoms with Crippen LogP contribution in [0.2, 0.25) is 0 Å². The van der Waals surface area contributed by atoms with E-state index in [9.17, 15) is 0 Å². The van der Waals surface area contributed by atoms with E-state index in [2.05, 4.69) is 0 Å². The minimum Gasteiger partial charge on any atom is -0.822 e. The Bertz CT molecular complexity index is 127. The van der Waals surface area contributed by atoms with E-state index in [4.69, 9.17) is 38.5 Å². The van der Waals surface area contributed by atoms with Gasteiger partial charge in [-0.2, -0.15) is 15.6 Å². The van der Waals surface area contributed by atoms with Gasteiger partial charge in [0.1, 0.15) is 0 Å². The standard InChI is InChI=1S/2La.2H3O4P/c;;2*1-5(2,3)4/h;;2*(H3,1,2,3,4)/q2*+3;;/p-6. The third-order valence-corrected chi connectivity index (χ3v) is 0. The van der Waals surface area contributed by atoms with Crippen LogP contribution < -0.4 is 29.4 Å². The van der Waals surface area contributed by atoms with Crippen LogP contribution in [0.1, 0.15) is 0 Å². The molecule has 12 heteroatoms. The molecule has 0 aliphatic carbocycles.